The minimum atomic E-state index is -0.351. The molecule has 6 heteroatoms. The summed E-state index contributed by atoms with van der Waals surface area (Å²) >= 11 is 11.2. The molecule has 0 amide bonds. The Morgan fingerprint density at radius 1 is 0.941 bits per heavy atom. The maximum absolute atomic E-state index is 11.1. The van der Waals surface area contributed by atoms with E-state index >= 15 is 0 Å². The van der Waals surface area contributed by atoms with Crippen LogP contribution in [0.2, 0.25) is 0 Å². The summed E-state index contributed by atoms with van der Waals surface area (Å²) in [6, 6.07) is 0. The van der Waals surface area contributed by atoms with Crippen LogP contribution in [0, 0.1) is 0 Å². The number of halogens is 2. The summed E-state index contributed by atoms with van der Waals surface area (Å²) in [6.07, 6.45) is 0.787. The third-order valence-corrected chi connectivity index (χ3v) is 1.96. The molecule has 0 aliphatic rings. The quantitative estimate of drug-likeness (QED) is 0.508. The van der Waals surface area contributed by atoms with Crippen LogP contribution in [-0.4, -0.2) is 35.9 Å². The van der Waals surface area contributed by atoms with Crippen LogP contribution >= 0.6 is 23.2 Å². The zero-order valence-electron chi connectivity index (χ0n) is 10.1. The van der Waals surface area contributed by atoms with Gasteiger partial charge in [0.05, 0.1) is 10.8 Å². The van der Waals surface area contributed by atoms with Crippen molar-refractivity contribution in [3.8, 4) is 0 Å². The van der Waals surface area contributed by atoms with E-state index in [4.69, 9.17) is 32.7 Å². The van der Waals surface area contributed by atoms with Crippen molar-refractivity contribution in [1.29, 1.82) is 0 Å². The van der Waals surface area contributed by atoms with Gasteiger partial charge in [-0.3, -0.25) is 9.59 Å². The van der Waals surface area contributed by atoms with Crippen molar-refractivity contribution in [1.82, 2.24) is 0 Å². The van der Waals surface area contributed by atoms with Crippen molar-refractivity contribution in [3.63, 3.8) is 0 Å². The molecular formula is C11H18Cl2O4. The monoisotopic (exact) mass is 284 g/mol. The van der Waals surface area contributed by atoms with E-state index in [9.17, 15) is 9.59 Å². The van der Waals surface area contributed by atoms with Gasteiger partial charge in [0.25, 0.3) is 0 Å². The molecule has 2 unspecified atom stereocenters. The summed E-state index contributed by atoms with van der Waals surface area (Å²) in [4.78, 5) is 22.3. The first-order valence-corrected chi connectivity index (χ1v) is 6.38. The molecule has 17 heavy (non-hydrogen) atoms. The first kappa shape index (κ1) is 16.5. The number of hydrogen-bond acceptors (Lipinski definition) is 4. The second kappa shape index (κ2) is 9.54. The van der Waals surface area contributed by atoms with Crippen LogP contribution < -0.4 is 0 Å². The molecule has 0 aliphatic heterocycles. The minimum Gasteiger partial charge on any atom is -0.464 e. The molecular weight excluding hydrogens is 267 g/mol. The lowest BCUT2D eigenvalue weighted by Crippen LogP contribution is -2.14. The van der Waals surface area contributed by atoms with Gasteiger partial charge in [-0.2, -0.15) is 0 Å². The van der Waals surface area contributed by atoms with E-state index in [0.717, 1.165) is 0 Å². The van der Waals surface area contributed by atoms with E-state index in [-0.39, 0.29) is 48.7 Å². The van der Waals surface area contributed by atoms with Gasteiger partial charge >= 0.3 is 11.9 Å². The predicted octanol–water partition coefficient (Wildman–Crippen LogP) is 2.50. The van der Waals surface area contributed by atoms with Gasteiger partial charge in [-0.15, -0.1) is 23.2 Å². The van der Waals surface area contributed by atoms with Gasteiger partial charge in [0, 0.05) is 12.8 Å². The highest BCUT2D eigenvalue weighted by molar-refractivity contribution is 6.20. The molecule has 0 saturated carbocycles. The molecule has 0 rings (SSSR count). The van der Waals surface area contributed by atoms with E-state index in [1.165, 1.54) is 0 Å². The third-order valence-electron chi connectivity index (χ3n) is 1.71. The molecule has 0 aromatic heterocycles. The first-order valence-electron chi connectivity index (χ1n) is 5.51. The van der Waals surface area contributed by atoms with Crippen molar-refractivity contribution in [2.45, 2.75) is 43.9 Å². The van der Waals surface area contributed by atoms with Crippen molar-refractivity contribution in [2.24, 2.45) is 0 Å². The topological polar surface area (TPSA) is 52.6 Å². The van der Waals surface area contributed by atoms with Crippen LogP contribution in [0.3, 0.4) is 0 Å². The van der Waals surface area contributed by atoms with Crippen molar-refractivity contribution in [3.05, 3.63) is 0 Å². The summed E-state index contributed by atoms with van der Waals surface area (Å²) in [7, 11) is 0. The molecule has 0 saturated heterocycles. The van der Waals surface area contributed by atoms with Gasteiger partial charge in [-0.05, 0) is 20.3 Å². The summed E-state index contributed by atoms with van der Waals surface area (Å²) in [5.41, 5.74) is 0. The smallest absolute Gasteiger partial charge is 0.305 e. The van der Waals surface area contributed by atoms with Gasteiger partial charge in [0.2, 0.25) is 0 Å². The molecule has 0 aliphatic carbocycles. The van der Waals surface area contributed by atoms with E-state index in [0.29, 0.717) is 6.42 Å². The summed E-state index contributed by atoms with van der Waals surface area (Å²) in [5, 5.41) is -0.400. The molecule has 0 aromatic rings. The molecule has 0 N–H and O–H groups in total. The number of carbonyl (C=O) groups excluding carboxylic acids is 2. The maximum atomic E-state index is 11.1. The Morgan fingerprint density at radius 2 is 1.29 bits per heavy atom. The Kier molecular flexibility index (Phi) is 9.27. The van der Waals surface area contributed by atoms with Gasteiger partial charge in [-0.1, -0.05) is 0 Å². The SMILES string of the molecule is CC(Cl)COC(=O)CCCC(=O)OCC(C)Cl. The minimum absolute atomic E-state index is 0.189. The number of esters is 2. The summed E-state index contributed by atoms with van der Waals surface area (Å²) in [6.45, 7) is 3.85. The Morgan fingerprint density at radius 3 is 1.59 bits per heavy atom. The Balaban J connectivity index is 3.49. The number of rotatable bonds is 8. The van der Waals surface area contributed by atoms with Crippen LogP contribution in [0.4, 0.5) is 0 Å². The zero-order valence-corrected chi connectivity index (χ0v) is 11.6. The molecule has 100 valence electrons. The predicted molar refractivity (Wildman–Crippen MR) is 66.4 cm³/mol. The second-order valence-corrected chi connectivity index (χ2v) is 5.27. The molecule has 4 nitrogen and oxygen atoms in total. The lowest BCUT2D eigenvalue weighted by molar-refractivity contribution is -0.145. The number of carbonyl (C=O) groups is 2. The molecule has 0 spiro atoms. The number of ether oxygens (including phenoxy) is 2. The fourth-order valence-corrected chi connectivity index (χ4v) is 1.06. The van der Waals surface area contributed by atoms with Gasteiger partial charge in [0.15, 0.2) is 0 Å². The fraction of sp³-hybridized carbons (Fsp3) is 0.818. The fourth-order valence-electron chi connectivity index (χ4n) is 0.937. The van der Waals surface area contributed by atoms with Crippen LogP contribution in [0.15, 0.2) is 0 Å². The van der Waals surface area contributed by atoms with E-state index < -0.39 is 0 Å². The normalized spacial score (nSPS) is 13.9. The van der Waals surface area contributed by atoms with E-state index in [1.54, 1.807) is 13.8 Å². The van der Waals surface area contributed by atoms with Crippen LogP contribution in [-0.2, 0) is 19.1 Å². The summed E-state index contributed by atoms with van der Waals surface area (Å²) in [5.74, 6) is -0.702. The van der Waals surface area contributed by atoms with Crippen molar-refractivity contribution >= 4 is 35.1 Å². The van der Waals surface area contributed by atoms with Gasteiger partial charge in [0.1, 0.15) is 13.2 Å². The zero-order chi connectivity index (χ0) is 13.3. The number of hydrogen-bond donors (Lipinski definition) is 0. The standard InChI is InChI=1S/C11H18Cl2O4/c1-8(12)6-16-10(14)4-3-5-11(15)17-7-9(2)13/h8-9H,3-7H2,1-2H3. The summed E-state index contributed by atoms with van der Waals surface area (Å²) < 4.78 is 9.68. The maximum Gasteiger partial charge on any atom is 0.305 e. The van der Waals surface area contributed by atoms with Crippen LogP contribution in [0.5, 0.6) is 0 Å². The van der Waals surface area contributed by atoms with E-state index in [2.05, 4.69) is 0 Å². The molecule has 0 fully saturated rings. The highest BCUT2D eigenvalue weighted by Gasteiger charge is 2.09. The third kappa shape index (κ3) is 11.8. The second-order valence-electron chi connectivity index (χ2n) is 3.78. The highest BCUT2D eigenvalue weighted by Crippen LogP contribution is 2.03. The van der Waals surface area contributed by atoms with Gasteiger partial charge < -0.3 is 9.47 Å². The van der Waals surface area contributed by atoms with E-state index in [1.807, 2.05) is 0 Å². The van der Waals surface area contributed by atoms with Crippen LogP contribution in [0.1, 0.15) is 33.1 Å². The Hall–Kier alpha value is -0.480. The molecule has 0 heterocycles. The lowest BCUT2D eigenvalue weighted by atomic mass is 10.2. The average molecular weight is 285 g/mol. The number of alkyl halides is 2. The Bertz CT molecular complexity index is 218. The lowest BCUT2D eigenvalue weighted by Gasteiger charge is -2.07. The van der Waals surface area contributed by atoms with Gasteiger partial charge in [-0.25, -0.2) is 0 Å². The molecule has 0 aromatic carbocycles. The highest BCUT2D eigenvalue weighted by atomic mass is 35.5. The van der Waals surface area contributed by atoms with Crippen LogP contribution in [0.25, 0.3) is 0 Å². The largest absolute Gasteiger partial charge is 0.464 e. The van der Waals surface area contributed by atoms with Crippen molar-refractivity contribution < 1.29 is 19.1 Å². The average Bonchev–Trinajstić information content (AvgIpc) is 2.23. The Labute approximate surface area is 112 Å². The molecule has 0 bridgehead atoms. The first-order chi connectivity index (χ1) is 7.91. The van der Waals surface area contributed by atoms with Crippen molar-refractivity contribution in [2.75, 3.05) is 13.2 Å². The molecule has 2 atom stereocenters. The molecule has 0 radical (unpaired) electrons.